The number of ether oxygens (including phenoxy) is 3. The van der Waals surface area contributed by atoms with E-state index in [0.29, 0.717) is 18.2 Å². The summed E-state index contributed by atoms with van der Waals surface area (Å²) < 4.78 is 17.7. The highest BCUT2D eigenvalue weighted by Crippen LogP contribution is 2.32. The summed E-state index contributed by atoms with van der Waals surface area (Å²) in [5.41, 5.74) is 1.72. The molecule has 26 heavy (non-hydrogen) atoms. The summed E-state index contributed by atoms with van der Waals surface area (Å²) >= 11 is 0. The maximum atomic E-state index is 5.49. The van der Waals surface area contributed by atoms with Crippen LogP contribution in [0.25, 0.3) is 11.0 Å². The lowest BCUT2D eigenvalue weighted by Gasteiger charge is -2.19. The molecule has 0 saturated carbocycles. The number of nitrogens with zero attached hydrogens (tertiary/aromatic N) is 4. The molecular weight excluding hydrogens is 334 g/mol. The van der Waals surface area contributed by atoms with Crippen molar-refractivity contribution in [3.8, 4) is 11.5 Å². The number of rotatable bonds is 7. The van der Waals surface area contributed by atoms with E-state index in [1.807, 2.05) is 32.2 Å². The quantitative estimate of drug-likeness (QED) is 0.696. The molecule has 3 aromatic rings. The number of anilines is 1. The third-order valence-corrected chi connectivity index (χ3v) is 4.17. The number of fused-ring (bicyclic) bond motifs is 1. The molecule has 0 radical (unpaired) electrons. The van der Waals surface area contributed by atoms with Crippen LogP contribution in [0.15, 0.2) is 24.4 Å². The van der Waals surface area contributed by atoms with E-state index in [9.17, 15) is 0 Å². The number of hydrogen-bond acceptors (Lipinski definition) is 7. The van der Waals surface area contributed by atoms with Gasteiger partial charge >= 0.3 is 0 Å². The van der Waals surface area contributed by atoms with Crippen LogP contribution in [0.3, 0.4) is 0 Å². The molecule has 0 saturated heterocycles. The number of hydrogen-bond donors (Lipinski definition) is 1. The molecular formula is C18H23N5O3. The van der Waals surface area contributed by atoms with Crippen molar-refractivity contribution in [2.24, 2.45) is 7.05 Å². The Bertz CT molecular complexity index is 909. The zero-order valence-corrected chi connectivity index (χ0v) is 15.6. The minimum absolute atomic E-state index is 0.0752. The molecule has 2 heterocycles. The molecule has 0 amide bonds. The van der Waals surface area contributed by atoms with Crippen molar-refractivity contribution >= 4 is 16.9 Å². The number of benzene rings is 1. The lowest BCUT2D eigenvalue weighted by Crippen LogP contribution is -2.12. The van der Waals surface area contributed by atoms with Crippen molar-refractivity contribution < 1.29 is 14.2 Å². The first-order valence-electron chi connectivity index (χ1n) is 8.23. The number of methoxy groups -OCH3 is 3. The van der Waals surface area contributed by atoms with Gasteiger partial charge in [-0.2, -0.15) is 5.10 Å². The van der Waals surface area contributed by atoms with Crippen LogP contribution in [0, 0.1) is 0 Å². The minimum atomic E-state index is -0.0752. The van der Waals surface area contributed by atoms with Gasteiger partial charge in [-0.1, -0.05) is 0 Å². The molecule has 8 nitrogen and oxygen atoms in total. The van der Waals surface area contributed by atoms with Gasteiger partial charge in [-0.05, 0) is 25.1 Å². The molecule has 0 unspecified atom stereocenters. The van der Waals surface area contributed by atoms with E-state index in [2.05, 4.69) is 20.4 Å². The van der Waals surface area contributed by atoms with E-state index in [1.54, 1.807) is 32.2 Å². The highest BCUT2D eigenvalue weighted by molar-refractivity contribution is 5.86. The average Bonchev–Trinajstić information content (AvgIpc) is 3.02. The van der Waals surface area contributed by atoms with E-state index in [-0.39, 0.29) is 6.04 Å². The van der Waals surface area contributed by atoms with Crippen molar-refractivity contribution in [2.75, 3.05) is 26.6 Å². The van der Waals surface area contributed by atoms with Crippen LogP contribution in [0.1, 0.15) is 24.4 Å². The van der Waals surface area contributed by atoms with Crippen LogP contribution in [0.4, 0.5) is 5.82 Å². The first-order chi connectivity index (χ1) is 12.6. The molecule has 0 spiro atoms. The summed E-state index contributed by atoms with van der Waals surface area (Å²) in [7, 11) is 6.76. The van der Waals surface area contributed by atoms with E-state index in [4.69, 9.17) is 14.2 Å². The van der Waals surface area contributed by atoms with E-state index >= 15 is 0 Å². The molecule has 0 aliphatic heterocycles. The maximum absolute atomic E-state index is 5.49. The maximum Gasteiger partial charge on any atom is 0.163 e. The predicted molar refractivity (Wildman–Crippen MR) is 98.6 cm³/mol. The molecule has 0 aliphatic carbocycles. The second-order valence-electron chi connectivity index (χ2n) is 5.90. The molecule has 1 aromatic carbocycles. The van der Waals surface area contributed by atoms with Gasteiger partial charge in [-0.15, -0.1) is 0 Å². The van der Waals surface area contributed by atoms with Crippen LogP contribution in [0.5, 0.6) is 11.5 Å². The van der Waals surface area contributed by atoms with Gasteiger partial charge in [0.2, 0.25) is 0 Å². The Hall–Kier alpha value is -2.87. The summed E-state index contributed by atoms with van der Waals surface area (Å²) in [5, 5.41) is 8.58. The normalized spacial score (nSPS) is 12.2. The van der Waals surface area contributed by atoms with Gasteiger partial charge in [0, 0.05) is 19.7 Å². The molecule has 0 aliphatic rings. The van der Waals surface area contributed by atoms with Crippen molar-refractivity contribution in [3.05, 3.63) is 35.8 Å². The number of nitrogens with one attached hydrogen (secondary N) is 1. The van der Waals surface area contributed by atoms with Crippen LogP contribution in [-0.2, 0) is 18.4 Å². The van der Waals surface area contributed by atoms with Crippen molar-refractivity contribution in [2.45, 2.75) is 19.6 Å². The van der Waals surface area contributed by atoms with Gasteiger partial charge in [0.25, 0.3) is 0 Å². The summed E-state index contributed by atoms with van der Waals surface area (Å²) in [4.78, 5) is 9.10. The summed E-state index contributed by atoms with van der Waals surface area (Å²) in [6, 6.07) is 5.64. The Morgan fingerprint density at radius 2 is 1.96 bits per heavy atom. The third-order valence-electron chi connectivity index (χ3n) is 4.17. The molecule has 3 rings (SSSR count). The topological polar surface area (TPSA) is 83.3 Å². The van der Waals surface area contributed by atoms with Crippen molar-refractivity contribution in [3.63, 3.8) is 0 Å². The smallest absolute Gasteiger partial charge is 0.163 e. The zero-order chi connectivity index (χ0) is 18.7. The average molecular weight is 357 g/mol. The lowest BCUT2D eigenvalue weighted by molar-refractivity contribution is 0.178. The molecule has 2 aromatic heterocycles. The van der Waals surface area contributed by atoms with Crippen LogP contribution in [-0.4, -0.2) is 41.1 Å². The second-order valence-corrected chi connectivity index (χ2v) is 5.90. The lowest BCUT2D eigenvalue weighted by atomic mass is 10.1. The fourth-order valence-electron chi connectivity index (χ4n) is 2.83. The Kier molecular flexibility index (Phi) is 5.22. The van der Waals surface area contributed by atoms with Gasteiger partial charge in [0.05, 0.1) is 31.8 Å². The predicted octanol–water partition coefficient (Wildman–Crippen LogP) is 2.70. The standard InChI is InChI=1S/C18H23N5O3/c1-11(13-8-12(25-4)6-7-15(13)26-5)20-17-14-9-19-23(2)18(14)22-16(21-17)10-24-3/h6-9,11H,10H2,1-5H3,(H,20,21,22)/t11-/m0/s1. The van der Waals surface area contributed by atoms with Crippen molar-refractivity contribution in [1.29, 1.82) is 0 Å². The molecule has 1 atom stereocenters. The first kappa shape index (κ1) is 17.9. The van der Waals surface area contributed by atoms with E-state index in [1.165, 1.54) is 0 Å². The van der Waals surface area contributed by atoms with Gasteiger partial charge in [-0.3, -0.25) is 4.68 Å². The Morgan fingerprint density at radius 3 is 2.65 bits per heavy atom. The Morgan fingerprint density at radius 1 is 1.15 bits per heavy atom. The minimum Gasteiger partial charge on any atom is -0.497 e. The number of aryl methyl sites for hydroxylation is 1. The monoisotopic (exact) mass is 357 g/mol. The summed E-state index contributed by atoms with van der Waals surface area (Å²) in [6.07, 6.45) is 1.75. The first-order valence-corrected chi connectivity index (χ1v) is 8.23. The van der Waals surface area contributed by atoms with Crippen LogP contribution in [0.2, 0.25) is 0 Å². The van der Waals surface area contributed by atoms with Crippen molar-refractivity contribution in [1.82, 2.24) is 19.7 Å². The van der Waals surface area contributed by atoms with Gasteiger partial charge in [0.1, 0.15) is 23.9 Å². The summed E-state index contributed by atoms with van der Waals surface area (Å²) in [6.45, 7) is 2.37. The van der Waals surface area contributed by atoms with Gasteiger partial charge < -0.3 is 19.5 Å². The molecule has 0 bridgehead atoms. The van der Waals surface area contributed by atoms with E-state index in [0.717, 1.165) is 28.1 Å². The highest BCUT2D eigenvalue weighted by atomic mass is 16.5. The SMILES string of the molecule is COCc1nc(N[C@@H](C)c2cc(OC)ccc2OC)c2cnn(C)c2n1. The van der Waals surface area contributed by atoms with E-state index < -0.39 is 0 Å². The molecule has 0 fully saturated rings. The van der Waals surface area contributed by atoms with Gasteiger partial charge in [0.15, 0.2) is 11.5 Å². The second kappa shape index (κ2) is 7.57. The molecule has 8 heteroatoms. The Labute approximate surface area is 152 Å². The fourth-order valence-corrected chi connectivity index (χ4v) is 2.83. The van der Waals surface area contributed by atoms with Gasteiger partial charge in [-0.25, -0.2) is 9.97 Å². The molecule has 1 N–H and O–H groups in total. The fraction of sp³-hybridized carbons (Fsp3) is 0.389. The highest BCUT2D eigenvalue weighted by Gasteiger charge is 2.17. The summed E-state index contributed by atoms with van der Waals surface area (Å²) in [5.74, 6) is 2.84. The zero-order valence-electron chi connectivity index (χ0n) is 15.6. The van der Waals surface area contributed by atoms with Crippen LogP contribution >= 0.6 is 0 Å². The third kappa shape index (κ3) is 3.41. The largest absolute Gasteiger partial charge is 0.497 e. The number of aromatic nitrogens is 4. The molecule has 138 valence electrons. The Balaban J connectivity index is 2.00. The van der Waals surface area contributed by atoms with Crippen LogP contribution < -0.4 is 14.8 Å².